The van der Waals surface area contributed by atoms with Crippen LogP contribution in [0.5, 0.6) is 5.75 Å². The van der Waals surface area contributed by atoms with E-state index in [1.165, 1.54) is 5.56 Å². The van der Waals surface area contributed by atoms with Gasteiger partial charge in [0.15, 0.2) is 0 Å². The summed E-state index contributed by atoms with van der Waals surface area (Å²) in [5.41, 5.74) is 3.50. The van der Waals surface area contributed by atoms with Gasteiger partial charge in [-0.05, 0) is 84.9 Å². The summed E-state index contributed by atoms with van der Waals surface area (Å²) in [5, 5.41) is 17.6. The van der Waals surface area contributed by atoms with Crippen molar-refractivity contribution in [3.05, 3.63) is 63.1 Å². The normalized spacial score (nSPS) is 25.4. The van der Waals surface area contributed by atoms with E-state index in [2.05, 4.69) is 59.3 Å². The van der Waals surface area contributed by atoms with Crippen LogP contribution in [0.15, 0.2) is 46.0 Å². The van der Waals surface area contributed by atoms with Crippen LogP contribution in [-0.4, -0.2) is 43.0 Å². The Morgan fingerprint density at radius 3 is 2.66 bits per heavy atom. The van der Waals surface area contributed by atoms with Gasteiger partial charge in [0.25, 0.3) is 5.91 Å². The number of methoxy groups -OCH3 is 1. The van der Waals surface area contributed by atoms with Gasteiger partial charge in [0.2, 0.25) is 0 Å². The number of carbonyl (C=O) groups excluding carboxylic acids is 1. The number of aliphatic carboxylic acids is 1. The predicted molar refractivity (Wildman–Crippen MR) is 151 cm³/mol. The number of carboxylic acid groups (broad SMARTS) is 1. The number of carbonyl (C=O) groups is 2. The lowest BCUT2D eigenvalue weighted by molar-refractivity contribution is -0.156. The maximum Gasteiger partial charge on any atom is 0.309 e. The molecule has 1 fully saturated rings. The fraction of sp³-hybridized carbons (Fsp3) is 0.500. The molecule has 0 aromatic heterocycles. The summed E-state index contributed by atoms with van der Waals surface area (Å²) in [5.74, 6) is -0.155. The summed E-state index contributed by atoms with van der Waals surface area (Å²) in [7, 11) is 1.56. The van der Waals surface area contributed by atoms with E-state index in [0.717, 1.165) is 34.2 Å². The second-order valence-electron chi connectivity index (χ2n) is 11.2. The molecule has 2 N–H and O–H groups in total. The molecule has 204 valence electrons. The van der Waals surface area contributed by atoms with Crippen LogP contribution in [0.4, 0.5) is 0 Å². The molecule has 2 aromatic carbocycles. The molecule has 8 heteroatoms. The minimum Gasteiger partial charge on any atom is -0.497 e. The van der Waals surface area contributed by atoms with Gasteiger partial charge in [-0.25, -0.2) is 0 Å². The largest absolute Gasteiger partial charge is 0.497 e. The zero-order valence-corrected chi connectivity index (χ0v) is 24.4. The van der Waals surface area contributed by atoms with Crippen LogP contribution in [0.2, 0.25) is 0 Å². The number of ether oxygens (including phenoxy) is 1. The summed E-state index contributed by atoms with van der Waals surface area (Å²) < 4.78 is 6.22. The van der Waals surface area contributed by atoms with E-state index in [1.54, 1.807) is 31.4 Å². The van der Waals surface area contributed by atoms with Crippen molar-refractivity contribution in [2.45, 2.75) is 64.7 Å². The molecular weight excluding hydrogens is 548 g/mol. The number of halogens is 1. The molecule has 2 aromatic rings. The van der Waals surface area contributed by atoms with Crippen molar-refractivity contribution in [3.8, 4) is 5.75 Å². The summed E-state index contributed by atoms with van der Waals surface area (Å²) in [6.45, 7) is 8.88. The van der Waals surface area contributed by atoms with E-state index in [1.807, 2.05) is 6.92 Å². The summed E-state index contributed by atoms with van der Waals surface area (Å²) >= 11 is 3.77. The molecule has 0 bridgehead atoms. The van der Waals surface area contributed by atoms with Gasteiger partial charge < -0.3 is 20.0 Å². The monoisotopic (exact) mass is 584 g/mol. The number of rotatable bonds is 8. The molecule has 4 rings (SSSR count). The molecule has 0 aliphatic heterocycles. The van der Waals surface area contributed by atoms with Crippen LogP contribution in [0.25, 0.3) is 0 Å². The number of oxime groups is 1. The quantitative estimate of drug-likeness (QED) is 0.281. The molecule has 1 amide bonds. The average molecular weight is 586 g/mol. The van der Waals surface area contributed by atoms with Gasteiger partial charge >= 0.3 is 5.97 Å². The Bertz CT molecular complexity index is 1260. The van der Waals surface area contributed by atoms with Crippen molar-refractivity contribution in [1.29, 1.82) is 0 Å². The van der Waals surface area contributed by atoms with Crippen LogP contribution in [0.3, 0.4) is 0 Å². The van der Waals surface area contributed by atoms with E-state index in [9.17, 15) is 14.7 Å². The van der Waals surface area contributed by atoms with Crippen molar-refractivity contribution in [3.63, 3.8) is 0 Å². The Hall–Kier alpha value is -2.87. The molecule has 0 unspecified atom stereocenters. The van der Waals surface area contributed by atoms with Gasteiger partial charge in [-0.1, -0.05) is 54.3 Å². The smallest absolute Gasteiger partial charge is 0.309 e. The Balaban J connectivity index is 1.58. The third kappa shape index (κ3) is 5.20. The Morgan fingerprint density at radius 1 is 1.21 bits per heavy atom. The highest BCUT2D eigenvalue weighted by molar-refractivity contribution is 9.10. The highest BCUT2D eigenvalue weighted by Gasteiger charge is 2.56. The Kier molecular flexibility index (Phi) is 8.21. The van der Waals surface area contributed by atoms with Crippen molar-refractivity contribution < 1.29 is 24.3 Å². The standard InChI is InChI=1S/C30H37BrN2O5/c1-18(2)21-15-22-23(16-24(21)31)29(3)10-7-11-30(4,28(35)36)26(29)17-25(22)33-38-13-12-32-27(34)19-8-6-9-20(14-19)37-5/h6,8-9,14-16,18,26H,7,10-13,17H2,1-5H3,(H,32,34)(H,35,36)/b33-25+/t26-,29-,30-/m1/s1. The number of hydrogen-bond acceptors (Lipinski definition) is 5. The van der Waals surface area contributed by atoms with Crippen molar-refractivity contribution in [2.24, 2.45) is 16.5 Å². The van der Waals surface area contributed by atoms with Crippen LogP contribution < -0.4 is 10.1 Å². The van der Waals surface area contributed by atoms with Crippen molar-refractivity contribution in [2.75, 3.05) is 20.3 Å². The molecule has 38 heavy (non-hydrogen) atoms. The molecule has 0 radical (unpaired) electrons. The first-order chi connectivity index (χ1) is 18.0. The average Bonchev–Trinajstić information content (AvgIpc) is 2.88. The zero-order chi connectivity index (χ0) is 27.7. The SMILES string of the molecule is COc1cccc(C(=O)NCCO/N=C2\C[C@H]3[C@](C)(C(=O)O)CCC[C@]3(C)c3cc(Br)c(C(C)C)cc32)c1. The first kappa shape index (κ1) is 28.1. The van der Waals surface area contributed by atoms with Gasteiger partial charge in [0.1, 0.15) is 12.4 Å². The predicted octanol–water partition coefficient (Wildman–Crippen LogP) is 6.28. The van der Waals surface area contributed by atoms with Gasteiger partial charge in [0, 0.05) is 15.6 Å². The van der Waals surface area contributed by atoms with Gasteiger partial charge in [-0.15, -0.1) is 0 Å². The molecule has 2 aliphatic rings. The first-order valence-corrected chi connectivity index (χ1v) is 14.0. The van der Waals surface area contributed by atoms with Crippen molar-refractivity contribution >= 4 is 33.5 Å². The Labute approximate surface area is 233 Å². The van der Waals surface area contributed by atoms with E-state index in [-0.39, 0.29) is 30.4 Å². The summed E-state index contributed by atoms with van der Waals surface area (Å²) in [4.78, 5) is 30.7. The highest BCUT2D eigenvalue weighted by atomic mass is 79.9. The number of amides is 1. The number of benzene rings is 2. The molecule has 0 spiro atoms. The van der Waals surface area contributed by atoms with E-state index >= 15 is 0 Å². The third-order valence-electron chi connectivity index (χ3n) is 8.49. The van der Waals surface area contributed by atoms with Crippen molar-refractivity contribution in [1.82, 2.24) is 5.32 Å². The van der Waals surface area contributed by atoms with Crippen LogP contribution in [0, 0.1) is 11.3 Å². The third-order valence-corrected chi connectivity index (χ3v) is 9.17. The fourth-order valence-electron chi connectivity index (χ4n) is 6.24. The number of hydrogen-bond donors (Lipinski definition) is 2. The second-order valence-corrected chi connectivity index (χ2v) is 12.0. The van der Waals surface area contributed by atoms with E-state index in [0.29, 0.717) is 30.1 Å². The van der Waals surface area contributed by atoms with E-state index in [4.69, 9.17) is 9.57 Å². The lowest BCUT2D eigenvalue weighted by atomic mass is 9.49. The first-order valence-electron chi connectivity index (χ1n) is 13.2. The van der Waals surface area contributed by atoms with Crippen LogP contribution in [-0.2, 0) is 15.0 Å². The number of fused-ring (bicyclic) bond motifs is 3. The number of nitrogens with one attached hydrogen (secondary N) is 1. The van der Waals surface area contributed by atoms with Gasteiger partial charge in [-0.2, -0.15) is 0 Å². The van der Waals surface area contributed by atoms with Crippen LogP contribution >= 0.6 is 15.9 Å². The number of carboxylic acids is 1. The maximum absolute atomic E-state index is 12.5. The highest BCUT2D eigenvalue weighted by Crippen LogP contribution is 2.58. The number of nitrogens with zero attached hydrogens (tertiary/aromatic N) is 1. The molecular formula is C30H37BrN2O5. The lowest BCUT2D eigenvalue weighted by Crippen LogP contribution is -2.53. The minimum absolute atomic E-state index is 0.110. The second kappa shape index (κ2) is 11.1. The molecule has 7 nitrogen and oxygen atoms in total. The zero-order valence-electron chi connectivity index (χ0n) is 22.8. The topological polar surface area (TPSA) is 97.2 Å². The molecule has 1 saturated carbocycles. The van der Waals surface area contributed by atoms with Crippen LogP contribution in [0.1, 0.15) is 86.3 Å². The molecule has 2 aliphatic carbocycles. The fourth-order valence-corrected chi connectivity index (χ4v) is 7.04. The minimum atomic E-state index is -0.848. The molecule has 0 heterocycles. The summed E-state index contributed by atoms with van der Waals surface area (Å²) in [6, 6.07) is 11.3. The van der Waals surface area contributed by atoms with E-state index < -0.39 is 11.4 Å². The molecule has 0 saturated heterocycles. The van der Waals surface area contributed by atoms with Gasteiger partial charge in [-0.3, -0.25) is 9.59 Å². The lowest BCUT2D eigenvalue weighted by Gasteiger charge is -2.53. The Morgan fingerprint density at radius 2 is 1.97 bits per heavy atom. The maximum atomic E-state index is 12.5. The molecule has 3 atom stereocenters. The van der Waals surface area contributed by atoms with Gasteiger partial charge in [0.05, 0.1) is 24.8 Å². The summed E-state index contributed by atoms with van der Waals surface area (Å²) in [6.07, 6.45) is 2.98.